The van der Waals surface area contributed by atoms with Gasteiger partial charge in [-0.2, -0.15) is 11.8 Å². The lowest BCUT2D eigenvalue weighted by Gasteiger charge is -2.12. The lowest BCUT2D eigenvalue weighted by atomic mass is 10.1. The van der Waals surface area contributed by atoms with Crippen molar-refractivity contribution >= 4 is 33.4 Å². The first-order chi connectivity index (χ1) is 12.3. The van der Waals surface area contributed by atoms with Crippen molar-refractivity contribution in [2.75, 3.05) is 23.3 Å². The number of thioether (sulfide) groups is 1. The second kappa shape index (κ2) is 9.05. The van der Waals surface area contributed by atoms with Crippen LogP contribution in [0.3, 0.4) is 0 Å². The van der Waals surface area contributed by atoms with Crippen LogP contribution in [0.15, 0.2) is 42.5 Å². The number of rotatable bonds is 8. The van der Waals surface area contributed by atoms with Gasteiger partial charge in [0.2, 0.25) is 10.0 Å². The molecular formula is C18H21FN2O3S2. The molecule has 1 amide bonds. The molecule has 2 aromatic carbocycles. The molecule has 0 fully saturated rings. The van der Waals surface area contributed by atoms with Gasteiger partial charge in [0, 0.05) is 23.6 Å². The molecule has 2 aromatic rings. The van der Waals surface area contributed by atoms with Gasteiger partial charge in [-0.3, -0.25) is 9.52 Å². The number of carbonyl (C=O) groups excluding carboxylic acids is 1. The predicted molar refractivity (Wildman–Crippen MR) is 105 cm³/mol. The number of anilines is 1. The average molecular weight is 397 g/mol. The molecule has 2 rings (SSSR count). The molecule has 0 radical (unpaired) electrons. The van der Waals surface area contributed by atoms with Crippen LogP contribution in [0.5, 0.6) is 0 Å². The molecular weight excluding hydrogens is 375 g/mol. The molecule has 0 aromatic heterocycles. The van der Waals surface area contributed by atoms with E-state index in [0.717, 1.165) is 6.26 Å². The number of sulfonamides is 1. The van der Waals surface area contributed by atoms with Gasteiger partial charge in [-0.25, -0.2) is 12.8 Å². The van der Waals surface area contributed by atoms with Gasteiger partial charge in [0.25, 0.3) is 5.91 Å². The molecule has 26 heavy (non-hydrogen) atoms. The zero-order valence-electron chi connectivity index (χ0n) is 14.6. The number of halogens is 1. The van der Waals surface area contributed by atoms with Crippen molar-refractivity contribution in [3.63, 3.8) is 0 Å². The van der Waals surface area contributed by atoms with E-state index < -0.39 is 10.0 Å². The summed E-state index contributed by atoms with van der Waals surface area (Å²) >= 11 is 1.53. The lowest BCUT2D eigenvalue weighted by Crippen LogP contribution is -2.26. The highest BCUT2D eigenvalue weighted by atomic mass is 32.2. The van der Waals surface area contributed by atoms with E-state index in [1.807, 2.05) is 0 Å². The first-order valence-electron chi connectivity index (χ1n) is 7.94. The van der Waals surface area contributed by atoms with E-state index in [-0.39, 0.29) is 11.7 Å². The number of hydrogen-bond acceptors (Lipinski definition) is 4. The van der Waals surface area contributed by atoms with Crippen LogP contribution in [0.1, 0.15) is 21.5 Å². The van der Waals surface area contributed by atoms with Crippen LogP contribution in [0.4, 0.5) is 10.1 Å². The van der Waals surface area contributed by atoms with E-state index in [4.69, 9.17) is 0 Å². The standard InChI is InChI=1S/C18H21FN2O3S2/c1-13-15(7-5-9-17(13)21-26(2,23)24)18(22)20-10-11-25-12-14-6-3-4-8-16(14)19/h3-9,21H,10-12H2,1-2H3,(H,20,22). The summed E-state index contributed by atoms with van der Waals surface area (Å²) < 4.78 is 38.7. The van der Waals surface area contributed by atoms with Crippen LogP contribution in [0.25, 0.3) is 0 Å². The van der Waals surface area contributed by atoms with E-state index in [9.17, 15) is 17.6 Å². The van der Waals surface area contributed by atoms with Crippen molar-refractivity contribution in [2.45, 2.75) is 12.7 Å². The quantitative estimate of drug-likeness (QED) is 0.672. The van der Waals surface area contributed by atoms with Crippen LogP contribution in [0, 0.1) is 12.7 Å². The maximum absolute atomic E-state index is 13.5. The van der Waals surface area contributed by atoms with Gasteiger partial charge in [-0.1, -0.05) is 24.3 Å². The van der Waals surface area contributed by atoms with Gasteiger partial charge in [-0.05, 0) is 36.2 Å². The summed E-state index contributed by atoms with van der Waals surface area (Å²) in [6, 6.07) is 11.5. The molecule has 2 N–H and O–H groups in total. The normalized spacial score (nSPS) is 11.2. The van der Waals surface area contributed by atoms with Crippen LogP contribution >= 0.6 is 11.8 Å². The molecule has 0 saturated heterocycles. The fourth-order valence-corrected chi connectivity index (χ4v) is 3.79. The Bertz CT molecular complexity index is 886. The third kappa shape index (κ3) is 6.03. The predicted octanol–water partition coefficient (Wildman–Crippen LogP) is 3.17. The Balaban J connectivity index is 1.86. The van der Waals surface area contributed by atoms with Crippen LogP contribution in [0.2, 0.25) is 0 Å². The molecule has 0 heterocycles. The molecule has 0 aliphatic heterocycles. The van der Waals surface area contributed by atoms with E-state index in [0.29, 0.717) is 40.4 Å². The fraction of sp³-hybridized carbons (Fsp3) is 0.278. The van der Waals surface area contributed by atoms with Crippen molar-refractivity contribution in [2.24, 2.45) is 0 Å². The highest BCUT2D eigenvalue weighted by Crippen LogP contribution is 2.20. The van der Waals surface area contributed by atoms with E-state index >= 15 is 0 Å². The summed E-state index contributed by atoms with van der Waals surface area (Å²) in [4.78, 5) is 12.3. The minimum atomic E-state index is -3.41. The highest BCUT2D eigenvalue weighted by molar-refractivity contribution is 7.98. The largest absolute Gasteiger partial charge is 0.351 e. The Morgan fingerprint density at radius 1 is 1.15 bits per heavy atom. The Labute approximate surface area is 157 Å². The molecule has 8 heteroatoms. The van der Waals surface area contributed by atoms with E-state index in [2.05, 4.69) is 10.0 Å². The van der Waals surface area contributed by atoms with Crippen molar-refractivity contribution in [1.82, 2.24) is 5.32 Å². The van der Waals surface area contributed by atoms with E-state index in [1.54, 1.807) is 43.3 Å². The first-order valence-corrected chi connectivity index (χ1v) is 11.0. The number of amides is 1. The van der Waals surface area contributed by atoms with Crippen molar-refractivity contribution < 1.29 is 17.6 Å². The van der Waals surface area contributed by atoms with Gasteiger partial charge < -0.3 is 5.32 Å². The minimum Gasteiger partial charge on any atom is -0.351 e. The SMILES string of the molecule is Cc1c(NS(C)(=O)=O)cccc1C(=O)NCCSCc1ccccc1F. The minimum absolute atomic E-state index is 0.227. The van der Waals surface area contributed by atoms with E-state index in [1.165, 1.54) is 17.8 Å². The Hall–Kier alpha value is -2.06. The Morgan fingerprint density at radius 3 is 2.58 bits per heavy atom. The number of hydrogen-bond donors (Lipinski definition) is 2. The van der Waals surface area contributed by atoms with Gasteiger partial charge in [-0.15, -0.1) is 0 Å². The number of nitrogens with one attached hydrogen (secondary N) is 2. The summed E-state index contributed by atoms with van der Waals surface area (Å²) in [5.74, 6) is 0.677. The molecule has 0 unspecified atom stereocenters. The van der Waals surface area contributed by atoms with Gasteiger partial charge >= 0.3 is 0 Å². The molecule has 140 valence electrons. The third-order valence-corrected chi connectivity index (χ3v) is 5.22. The molecule has 0 atom stereocenters. The Morgan fingerprint density at radius 2 is 1.88 bits per heavy atom. The van der Waals surface area contributed by atoms with Crippen LogP contribution in [-0.2, 0) is 15.8 Å². The van der Waals surface area contributed by atoms with Crippen molar-refractivity contribution in [3.8, 4) is 0 Å². The summed E-state index contributed by atoms with van der Waals surface area (Å²) in [5, 5.41) is 2.80. The second-order valence-electron chi connectivity index (χ2n) is 5.75. The number of carbonyl (C=O) groups is 1. The zero-order chi connectivity index (χ0) is 19.2. The summed E-state index contributed by atoms with van der Waals surface area (Å²) in [5.41, 5.74) is 2.00. The third-order valence-electron chi connectivity index (χ3n) is 3.62. The summed E-state index contributed by atoms with van der Waals surface area (Å²) in [6.07, 6.45) is 1.06. The monoisotopic (exact) mass is 396 g/mol. The maximum atomic E-state index is 13.5. The highest BCUT2D eigenvalue weighted by Gasteiger charge is 2.13. The molecule has 0 saturated carbocycles. The van der Waals surface area contributed by atoms with Crippen LogP contribution < -0.4 is 10.0 Å². The first kappa shape index (κ1) is 20.3. The molecule has 0 bridgehead atoms. The van der Waals surface area contributed by atoms with Crippen molar-refractivity contribution in [1.29, 1.82) is 0 Å². The number of benzene rings is 2. The zero-order valence-corrected chi connectivity index (χ0v) is 16.2. The molecule has 0 aliphatic rings. The maximum Gasteiger partial charge on any atom is 0.251 e. The molecule has 0 aliphatic carbocycles. The molecule has 5 nitrogen and oxygen atoms in total. The topological polar surface area (TPSA) is 75.3 Å². The second-order valence-corrected chi connectivity index (χ2v) is 8.61. The smallest absolute Gasteiger partial charge is 0.251 e. The average Bonchev–Trinajstić information content (AvgIpc) is 2.56. The molecule has 0 spiro atoms. The van der Waals surface area contributed by atoms with Crippen LogP contribution in [-0.4, -0.2) is 32.9 Å². The van der Waals surface area contributed by atoms with Gasteiger partial charge in [0.05, 0.1) is 11.9 Å². The van der Waals surface area contributed by atoms with Gasteiger partial charge in [0.15, 0.2) is 0 Å². The van der Waals surface area contributed by atoms with Crippen molar-refractivity contribution in [3.05, 3.63) is 65.0 Å². The lowest BCUT2D eigenvalue weighted by molar-refractivity contribution is 0.0955. The fourth-order valence-electron chi connectivity index (χ4n) is 2.32. The summed E-state index contributed by atoms with van der Waals surface area (Å²) in [7, 11) is -3.41. The van der Waals surface area contributed by atoms with Gasteiger partial charge in [0.1, 0.15) is 5.82 Å². The Kier molecular flexibility index (Phi) is 7.05. The summed E-state index contributed by atoms with van der Waals surface area (Å²) in [6.45, 7) is 2.12.